The molecular formula is C39H42FN9O4. The number of carbonyl (C=O) groups is 2. The Morgan fingerprint density at radius 2 is 1.66 bits per heavy atom. The molecule has 2 saturated heterocycles. The molecule has 3 aromatic heterocycles. The number of para-hydroxylation sites is 1. The molecule has 3 aliphatic heterocycles. The highest BCUT2D eigenvalue weighted by atomic mass is 19.1. The summed E-state index contributed by atoms with van der Waals surface area (Å²) in [7, 11) is 1.60. The molecular weight excluding hydrogens is 677 g/mol. The minimum absolute atomic E-state index is 0.0361. The standard InChI is InChI=1S/C39H42FN9O4/c1-52-33-8-3-2-7-28(33)30-24-29(27-6-5-13-48(26-27)36(50)11-14-49-15-12-41-44-49)37(40)38-31(30)25-32(42-38)39(51)47-18-16-45(17-19-47)34-9-4-10-35(43-34)46-20-22-53-23-21-46/h2-4,6-10,12,15,24-25,42H,5,11,13-14,16-23,26H2,1H3. The van der Waals surface area contributed by atoms with Gasteiger partial charge >= 0.3 is 0 Å². The zero-order valence-corrected chi connectivity index (χ0v) is 29.7. The Morgan fingerprint density at radius 1 is 0.887 bits per heavy atom. The van der Waals surface area contributed by atoms with E-state index in [9.17, 15) is 9.59 Å². The van der Waals surface area contributed by atoms with Crippen LogP contribution in [0.2, 0.25) is 0 Å². The zero-order valence-electron chi connectivity index (χ0n) is 29.7. The van der Waals surface area contributed by atoms with Crippen molar-refractivity contribution in [1.82, 2.24) is 34.8 Å². The maximum Gasteiger partial charge on any atom is 0.270 e. The molecule has 274 valence electrons. The van der Waals surface area contributed by atoms with Gasteiger partial charge in [0, 0.05) is 81.5 Å². The van der Waals surface area contributed by atoms with Crippen LogP contribution in [0.5, 0.6) is 5.75 Å². The van der Waals surface area contributed by atoms with E-state index in [0.717, 1.165) is 35.9 Å². The molecule has 3 aliphatic rings. The number of fused-ring (bicyclic) bond motifs is 1. The highest BCUT2D eigenvalue weighted by Crippen LogP contribution is 2.40. The van der Waals surface area contributed by atoms with E-state index in [0.29, 0.717) is 86.9 Å². The second-order valence-corrected chi connectivity index (χ2v) is 13.4. The number of amides is 2. The lowest BCUT2D eigenvalue weighted by molar-refractivity contribution is -0.131. The van der Waals surface area contributed by atoms with E-state index < -0.39 is 5.82 Å². The van der Waals surface area contributed by atoms with E-state index in [1.54, 1.807) is 40.1 Å². The minimum atomic E-state index is -0.461. The highest BCUT2D eigenvalue weighted by molar-refractivity contribution is 6.05. The average molecular weight is 720 g/mol. The number of halogens is 1. The number of rotatable bonds is 9. The van der Waals surface area contributed by atoms with Gasteiger partial charge in [0.15, 0.2) is 5.82 Å². The monoisotopic (exact) mass is 719 g/mol. The van der Waals surface area contributed by atoms with Gasteiger partial charge in [-0.25, -0.2) is 9.37 Å². The van der Waals surface area contributed by atoms with E-state index in [1.165, 1.54) is 0 Å². The van der Waals surface area contributed by atoms with Crippen molar-refractivity contribution in [1.29, 1.82) is 0 Å². The minimum Gasteiger partial charge on any atom is -0.496 e. The van der Waals surface area contributed by atoms with Crippen LogP contribution in [0.3, 0.4) is 0 Å². The molecule has 8 rings (SSSR count). The zero-order chi connectivity index (χ0) is 36.3. The third-order valence-electron chi connectivity index (χ3n) is 10.3. The highest BCUT2D eigenvalue weighted by Gasteiger charge is 2.28. The van der Waals surface area contributed by atoms with Gasteiger partial charge in [0.1, 0.15) is 23.1 Å². The van der Waals surface area contributed by atoms with Gasteiger partial charge < -0.3 is 34.1 Å². The van der Waals surface area contributed by atoms with Crippen LogP contribution in [-0.2, 0) is 16.1 Å². The molecule has 0 bridgehead atoms. The molecule has 0 aliphatic carbocycles. The quantitative estimate of drug-likeness (QED) is 0.235. The molecule has 2 fully saturated rings. The molecule has 53 heavy (non-hydrogen) atoms. The van der Waals surface area contributed by atoms with Gasteiger partial charge in [-0.3, -0.25) is 14.3 Å². The predicted molar refractivity (Wildman–Crippen MR) is 199 cm³/mol. The Hall–Kier alpha value is -5.76. The maximum absolute atomic E-state index is 16.7. The summed E-state index contributed by atoms with van der Waals surface area (Å²) in [5.74, 6) is 1.76. The third-order valence-corrected chi connectivity index (χ3v) is 10.3. The van der Waals surface area contributed by atoms with Gasteiger partial charge in [-0.2, -0.15) is 0 Å². The maximum atomic E-state index is 16.7. The topological polar surface area (TPSA) is 125 Å². The number of pyridine rings is 1. The number of aryl methyl sites for hydroxylation is 1. The first-order valence-corrected chi connectivity index (χ1v) is 18.1. The van der Waals surface area contributed by atoms with Crippen LogP contribution in [0.1, 0.15) is 28.9 Å². The summed E-state index contributed by atoms with van der Waals surface area (Å²) in [6, 6.07) is 17.2. The van der Waals surface area contributed by atoms with Gasteiger partial charge in [-0.1, -0.05) is 35.6 Å². The summed E-state index contributed by atoms with van der Waals surface area (Å²) in [6.07, 6.45) is 6.16. The molecule has 14 heteroatoms. The summed E-state index contributed by atoms with van der Waals surface area (Å²) in [4.78, 5) is 43.3. The fourth-order valence-electron chi connectivity index (χ4n) is 7.44. The Labute approximate surface area is 306 Å². The van der Waals surface area contributed by atoms with Crippen molar-refractivity contribution in [2.24, 2.45) is 0 Å². The second-order valence-electron chi connectivity index (χ2n) is 13.4. The number of morpholine rings is 1. The summed E-state index contributed by atoms with van der Waals surface area (Å²) >= 11 is 0. The van der Waals surface area contributed by atoms with E-state index in [-0.39, 0.29) is 30.3 Å². The largest absolute Gasteiger partial charge is 0.496 e. The normalized spacial score (nSPS) is 16.6. The van der Waals surface area contributed by atoms with Crippen molar-refractivity contribution < 1.29 is 23.5 Å². The number of carbonyl (C=O) groups excluding carboxylic acids is 2. The lowest BCUT2D eigenvalue weighted by Gasteiger charge is -2.36. The van der Waals surface area contributed by atoms with E-state index in [1.807, 2.05) is 54.6 Å². The lowest BCUT2D eigenvalue weighted by Crippen LogP contribution is -2.49. The van der Waals surface area contributed by atoms with Crippen molar-refractivity contribution in [3.05, 3.63) is 90.1 Å². The van der Waals surface area contributed by atoms with Crippen molar-refractivity contribution in [3.63, 3.8) is 0 Å². The fraction of sp³-hybridized carbons (Fsp3) is 0.359. The number of hydrogen-bond acceptors (Lipinski definition) is 9. The molecule has 5 aromatic rings. The van der Waals surface area contributed by atoms with Gasteiger partial charge in [0.2, 0.25) is 5.91 Å². The molecule has 13 nitrogen and oxygen atoms in total. The average Bonchev–Trinajstić information content (AvgIpc) is 3.92. The summed E-state index contributed by atoms with van der Waals surface area (Å²) in [5, 5.41) is 8.34. The number of hydrogen-bond donors (Lipinski definition) is 1. The number of ether oxygens (including phenoxy) is 2. The van der Waals surface area contributed by atoms with Crippen molar-refractivity contribution in [2.45, 2.75) is 19.4 Å². The Balaban J connectivity index is 1.05. The molecule has 0 unspecified atom stereocenters. The summed E-state index contributed by atoms with van der Waals surface area (Å²) in [5.41, 5.74) is 3.16. The van der Waals surface area contributed by atoms with Crippen LogP contribution in [0.25, 0.3) is 27.6 Å². The van der Waals surface area contributed by atoms with Crippen LogP contribution in [0.15, 0.2) is 73.1 Å². The van der Waals surface area contributed by atoms with Gasteiger partial charge in [0.05, 0.1) is 38.6 Å². The van der Waals surface area contributed by atoms with Crippen molar-refractivity contribution in [3.8, 4) is 16.9 Å². The van der Waals surface area contributed by atoms with Crippen molar-refractivity contribution >= 4 is 39.9 Å². The molecule has 2 amide bonds. The first kappa shape index (κ1) is 34.3. The number of piperazine rings is 1. The first-order valence-electron chi connectivity index (χ1n) is 18.1. The number of anilines is 2. The van der Waals surface area contributed by atoms with Crippen LogP contribution >= 0.6 is 0 Å². The van der Waals surface area contributed by atoms with Crippen LogP contribution in [0.4, 0.5) is 16.0 Å². The molecule has 0 saturated carbocycles. The molecule has 0 spiro atoms. The van der Waals surface area contributed by atoms with Crippen LogP contribution < -0.4 is 14.5 Å². The van der Waals surface area contributed by atoms with Crippen LogP contribution in [0, 0.1) is 5.82 Å². The lowest BCUT2D eigenvalue weighted by atomic mass is 9.93. The summed E-state index contributed by atoms with van der Waals surface area (Å²) < 4.78 is 29.6. The fourth-order valence-corrected chi connectivity index (χ4v) is 7.44. The molecule has 0 atom stereocenters. The smallest absolute Gasteiger partial charge is 0.270 e. The van der Waals surface area contributed by atoms with Gasteiger partial charge in [-0.15, -0.1) is 5.10 Å². The first-order chi connectivity index (χ1) is 26.0. The number of aromatic nitrogens is 5. The molecule has 2 aromatic carbocycles. The Kier molecular flexibility index (Phi) is 9.76. The third kappa shape index (κ3) is 7.06. The second kappa shape index (κ2) is 15.1. The number of nitrogens with zero attached hydrogens (tertiary/aromatic N) is 8. The molecule has 1 N–H and O–H groups in total. The Bertz CT molecular complexity index is 2140. The predicted octanol–water partition coefficient (Wildman–Crippen LogP) is 4.47. The number of benzene rings is 2. The van der Waals surface area contributed by atoms with Gasteiger partial charge in [0.25, 0.3) is 5.91 Å². The van der Waals surface area contributed by atoms with E-state index in [2.05, 4.69) is 25.1 Å². The summed E-state index contributed by atoms with van der Waals surface area (Å²) in [6.45, 7) is 6.48. The SMILES string of the molecule is COc1ccccc1-c1cc(C2=CCCN(C(=O)CCn3ccnn3)C2)c(F)c2[nH]c(C(=O)N3CCN(c4cccc(N5CCOCC5)n4)CC3)cc12. The molecule has 0 radical (unpaired) electrons. The van der Waals surface area contributed by atoms with Crippen LogP contribution in [-0.4, -0.2) is 119 Å². The number of aromatic amines is 1. The number of methoxy groups -OCH3 is 1. The number of nitrogens with one attached hydrogen (secondary N) is 1. The number of H-pyrrole nitrogens is 1. The Morgan fingerprint density at radius 3 is 2.42 bits per heavy atom. The van der Waals surface area contributed by atoms with Gasteiger partial charge in [-0.05, 0) is 47.9 Å². The van der Waals surface area contributed by atoms with E-state index >= 15 is 4.39 Å². The molecule has 6 heterocycles. The van der Waals surface area contributed by atoms with E-state index in [4.69, 9.17) is 14.5 Å². The van der Waals surface area contributed by atoms with Crippen molar-refractivity contribution in [2.75, 3.05) is 82.5 Å².